The molecule has 5 N–H and O–H groups in total. The van der Waals surface area contributed by atoms with E-state index in [9.17, 15) is 34.8 Å². The summed E-state index contributed by atoms with van der Waals surface area (Å²) in [6.45, 7) is 18.7. The number of amides is 1. The zero-order valence-corrected chi connectivity index (χ0v) is 42.1. The number of esters is 2. The lowest BCUT2D eigenvalue weighted by molar-refractivity contribution is -0.321. The highest BCUT2D eigenvalue weighted by Gasteiger charge is 2.53. The Bertz CT molecular complexity index is 1490. The molecular formula is C47H87N3O15. The molecule has 3 heterocycles. The van der Waals surface area contributed by atoms with Gasteiger partial charge >= 0.3 is 11.9 Å². The van der Waals surface area contributed by atoms with Crippen molar-refractivity contribution in [2.24, 2.45) is 17.8 Å². The van der Waals surface area contributed by atoms with Crippen LogP contribution in [0.5, 0.6) is 0 Å². The molecule has 3 rings (SSSR count). The monoisotopic (exact) mass is 934 g/mol. The number of carbonyl (C=O) groups is 3. The van der Waals surface area contributed by atoms with E-state index in [1.807, 2.05) is 46.8 Å². The van der Waals surface area contributed by atoms with Gasteiger partial charge in [-0.2, -0.15) is 0 Å². The van der Waals surface area contributed by atoms with Crippen molar-refractivity contribution in [2.45, 2.75) is 211 Å². The van der Waals surface area contributed by atoms with Crippen molar-refractivity contribution in [3.8, 4) is 0 Å². The van der Waals surface area contributed by atoms with Gasteiger partial charge in [0.15, 0.2) is 12.6 Å². The molecule has 3 fully saturated rings. The minimum atomic E-state index is -1.83. The molecule has 0 aromatic rings. The van der Waals surface area contributed by atoms with Crippen LogP contribution in [0.25, 0.3) is 0 Å². The van der Waals surface area contributed by atoms with Crippen LogP contribution in [0, 0.1) is 17.8 Å². The Morgan fingerprint density at radius 3 is 2.18 bits per heavy atom. The topological polar surface area (TPSA) is 224 Å². The van der Waals surface area contributed by atoms with E-state index in [0.717, 1.165) is 0 Å². The zero-order valence-electron chi connectivity index (χ0n) is 42.1. The maximum absolute atomic E-state index is 14.5. The average molecular weight is 934 g/mol. The van der Waals surface area contributed by atoms with Gasteiger partial charge in [-0.15, -0.1) is 0 Å². The number of ether oxygens (including phenoxy) is 8. The summed E-state index contributed by atoms with van der Waals surface area (Å²) in [6.07, 6.45) is -6.72. The number of likely N-dealkylation sites (N-methyl/N-ethyl adjacent to an activating group) is 2. The number of nitrogens with one attached hydrogen (secondary N) is 1. The highest BCUT2D eigenvalue weighted by Crippen LogP contribution is 2.40. The summed E-state index contributed by atoms with van der Waals surface area (Å²) in [4.78, 5) is 42.4. The first kappa shape index (κ1) is 57.2. The summed E-state index contributed by atoms with van der Waals surface area (Å²) in [6, 6.07) is -0.738. The molecule has 3 aliphatic rings. The van der Waals surface area contributed by atoms with Gasteiger partial charge in [0.1, 0.15) is 30.0 Å². The molecule has 65 heavy (non-hydrogen) atoms. The van der Waals surface area contributed by atoms with Crippen molar-refractivity contribution in [3.63, 3.8) is 0 Å². The van der Waals surface area contributed by atoms with Crippen molar-refractivity contribution in [3.05, 3.63) is 0 Å². The predicted octanol–water partition coefficient (Wildman–Crippen LogP) is 2.77. The number of methoxy groups -OCH3 is 2. The van der Waals surface area contributed by atoms with E-state index in [0.29, 0.717) is 32.4 Å². The highest BCUT2D eigenvalue weighted by molar-refractivity contribution is 5.77. The van der Waals surface area contributed by atoms with Crippen LogP contribution in [0.1, 0.15) is 121 Å². The molecule has 18 nitrogen and oxygen atoms in total. The van der Waals surface area contributed by atoms with Crippen LogP contribution >= 0.6 is 0 Å². The van der Waals surface area contributed by atoms with Crippen molar-refractivity contribution in [1.29, 1.82) is 0 Å². The van der Waals surface area contributed by atoms with Crippen LogP contribution in [0.4, 0.5) is 0 Å². The number of rotatable bonds is 16. The number of hydrogen-bond donors (Lipinski definition) is 5. The summed E-state index contributed by atoms with van der Waals surface area (Å²) in [7, 11) is 8.58. The average Bonchev–Trinajstić information content (AvgIpc) is 3.23. The van der Waals surface area contributed by atoms with E-state index in [1.165, 1.54) is 21.1 Å². The number of carbonyl (C=O) groups excluding carboxylic acids is 3. The molecule has 0 unspecified atom stereocenters. The second-order valence-electron chi connectivity index (χ2n) is 20.1. The second kappa shape index (κ2) is 25.0. The molecule has 3 aliphatic heterocycles. The third kappa shape index (κ3) is 15.2. The standard InChI is InChI=1S/C47H87N3O15/c1-16-34-47(10,57)40(53)31(6)50(13)26-27(2)24-45(8,56)42(29(4)38(30(5)43(55)63-34)64-37-25-46(9,59-15)41(54)32(7)62-37)65-44-39(33(49(11)12)23-28(3)61-44)60-22-18-21-48-35(51)19-17-20-36(52)58-14/h27-34,37-42,44,53-54,56-57H,16-26H2,1-15H3,(H,48,51)/t27-,28-,29+,30-,31-,32+,33+,34-,37+,38+,39-,40-,41+,42-,44+,45-,46-,47-/m1/s1. The lowest BCUT2D eigenvalue weighted by Crippen LogP contribution is -2.61. The van der Waals surface area contributed by atoms with Gasteiger partial charge in [0, 0.05) is 64.1 Å². The first-order valence-electron chi connectivity index (χ1n) is 23.7. The minimum absolute atomic E-state index is 0.110. The van der Waals surface area contributed by atoms with Crippen LogP contribution in [-0.4, -0.2) is 193 Å². The molecule has 0 aliphatic carbocycles. The van der Waals surface area contributed by atoms with Crippen LogP contribution in [-0.2, 0) is 52.3 Å². The molecule has 380 valence electrons. The predicted molar refractivity (Wildman–Crippen MR) is 241 cm³/mol. The highest BCUT2D eigenvalue weighted by atomic mass is 16.7. The fourth-order valence-corrected chi connectivity index (χ4v) is 10.0. The first-order valence-corrected chi connectivity index (χ1v) is 23.7. The molecule has 0 saturated carbocycles. The smallest absolute Gasteiger partial charge is 0.311 e. The summed E-state index contributed by atoms with van der Waals surface area (Å²) in [5.41, 5.74) is -4.48. The van der Waals surface area contributed by atoms with Gasteiger partial charge in [0.2, 0.25) is 5.91 Å². The molecule has 0 aromatic heterocycles. The van der Waals surface area contributed by atoms with E-state index in [2.05, 4.69) is 15.0 Å². The third-order valence-corrected chi connectivity index (χ3v) is 14.1. The number of cyclic esters (lactones) is 1. The largest absolute Gasteiger partial charge is 0.469 e. The van der Waals surface area contributed by atoms with E-state index in [4.69, 9.17) is 33.2 Å². The van der Waals surface area contributed by atoms with Gasteiger partial charge in [-0.05, 0) is 108 Å². The minimum Gasteiger partial charge on any atom is -0.469 e. The lowest BCUT2D eigenvalue weighted by atomic mass is 9.77. The van der Waals surface area contributed by atoms with E-state index < -0.39 is 96.0 Å². The third-order valence-electron chi connectivity index (χ3n) is 14.1. The van der Waals surface area contributed by atoms with Gasteiger partial charge in [-0.25, -0.2) is 0 Å². The maximum Gasteiger partial charge on any atom is 0.311 e. The number of nitrogens with zero attached hydrogens (tertiary/aromatic N) is 2. The molecule has 0 bridgehead atoms. The van der Waals surface area contributed by atoms with Gasteiger partial charge in [0.05, 0.1) is 48.6 Å². The van der Waals surface area contributed by atoms with E-state index in [-0.39, 0.29) is 68.7 Å². The summed E-state index contributed by atoms with van der Waals surface area (Å²) >= 11 is 0. The Morgan fingerprint density at radius 2 is 1.58 bits per heavy atom. The van der Waals surface area contributed by atoms with Crippen molar-refractivity contribution in [1.82, 2.24) is 15.1 Å². The Kier molecular flexibility index (Phi) is 22.0. The summed E-state index contributed by atoms with van der Waals surface area (Å²) in [5.74, 6) is -3.24. The Hall–Kier alpha value is -2.07. The molecule has 1 amide bonds. The molecule has 0 aromatic carbocycles. The van der Waals surface area contributed by atoms with Crippen LogP contribution in [0.2, 0.25) is 0 Å². The first-order chi connectivity index (χ1) is 30.2. The Balaban J connectivity index is 2.09. The van der Waals surface area contributed by atoms with Gasteiger partial charge < -0.3 is 73.4 Å². The molecule has 18 atom stereocenters. The van der Waals surface area contributed by atoms with Crippen LogP contribution in [0.3, 0.4) is 0 Å². The molecule has 0 radical (unpaired) electrons. The lowest BCUT2D eigenvalue weighted by Gasteiger charge is -2.49. The van der Waals surface area contributed by atoms with E-state index >= 15 is 0 Å². The SMILES string of the molecule is CC[C@H]1OC(=O)[C@H](C)[C@@H](O[C@H]2C[C@@](C)(OC)[C@@H](O)[C@H](C)O2)[C@H](C)[C@@H](O[C@@H]2O[C@H](C)C[C@H](N(C)C)[C@H]2OCCCNC(=O)CCCC(=O)OC)[C@](C)(O)C[C@@H](C)CN(C)[C@H](C)[C@@H](O)[C@]1(C)O. The van der Waals surface area contributed by atoms with Gasteiger partial charge in [-0.1, -0.05) is 20.8 Å². The maximum atomic E-state index is 14.5. The van der Waals surface area contributed by atoms with Crippen molar-refractivity contribution < 1.29 is 72.7 Å². The fourth-order valence-electron chi connectivity index (χ4n) is 10.0. The van der Waals surface area contributed by atoms with Crippen LogP contribution in [0.15, 0.2) is 0 Å². The second-order valence-corrected chi connectivity index (χ2v) is 20.1. The number of hydrogen-bond acceptors (Lipinski definition) is 17. The molecule has 18 heteroatoms. The Morgan fingerprint density at radius 1 is 0.923 bits per heavy atom. The van der Waals surface area contributed by atoms with E-state index in [1.54, 1.807) is 41.5 Å². The molecule has 3 saturated heterocycles. The van der Waals surface area contributed by atoms with Crippen molar-refractivity contribution in [2.75, 3.05) is 55.1 Å². The fraction of sp³-hybridized carbons (Fsp3) is 0.936. The van der Waals surface area contributed by atoms with Gasteiger partial charge in [-0.3, -0.25) is 14.4 Å². The summed E-state index contributed by atoms with van der Waals surface area (Å²) in [5, 5.41) is 50.3. The van der Waals surface area contributed by atoms with Crippen molar-refractivity contribution >= 4 is 17.8 Å². The zero-order chi connectivity index (χ0) is 49.2. The Labute approximate surface area is 388 Å². The number of aliphatic hydroxyl groups excluding tert-OH is 2. The summed E-state index contributed by atoms with van der Waals surface area (Å²) < 4.78 is 49.9. The van der Waals surface area contributed by atoms with Crippen LogP contribution < -0.4 is 5.32 Å². The normalized spacial score (nSPS) is 41.8. The quantitative estimate of drug-likeness (QED) is 0.111. The molecular weight excluding hydrogens is 847 g/mol. The number of aliphatic hydroxyl groups is 4. The van der Waals surface area contributed by atoms with Gasteiger partial charge in [0.25, 0.3) is 0 Å². The molecule has 0 spiro atoms.